The van der Waals surface area contributed by atoms with Gasteiger partial charge in [-0.1, -0.05) is 11.8 Å². The Morgan fingerprint density at radius 2 is 2.05 bits per heavy atom. The molecule has 1 aromatic rings. The second kappa shape index (κ2) is 7.30. The third-order valence-corrected chi connectivity index (χ3v) is 3.71. The zero-order valence-corrected chi connectivity index (χ0v) is 12.4. The van der Waals surface area contributed by atoms with Crippen molar-refractivity contribution in [3.8, 4) is 0 Å². The van der Waals surface area contributed by atoms with E-state index in [1.807, 2.05) is 11.2 Å². The Hall–Kier alpha value is -1.54. The maximum atomic E-state index is 12.1. The van der Waals surface area contributed by atoms with Crippen LogP contribution in [0.25, 0.3) is 0 Å². The van der Waals surface area contributed by atoms with Crippen molar-refractivity contribution in [2.75, 3.05) is 36.6 Å². The fourth-order valence-corrected chi connectivity index (χ4v) is 2.48. The summed E-state index contributed by atoms with van der Waals surface area (Å²) in [6.45, 7) is 1.96. The second-order valence-electron chi connectivity index (χ2n) is 4.56. The van der Waals surface area contributed by atoms with Gasteiger partial charge in [-0.15, -0.1) is 0 Å². The van der Waals surface area contributed by atoms with E-state index in [1.54, 1.807) is 6.07 Å². The number of likely N-dealkylation sites (tertiary alicyclic amines) is 1. The second-order valence-corrected chi connectivity index (χ2v) is 5.34. The van der Waals surface area contributed by atoms with Crippen LogP contribution in [0.5, 0.6) is 0 Å². The predicted molar refractivity (Wildman–Crippen MR) is 80.5 cm³/mol. The number of hydrogen-bond acceptors (Lipinski definition) is 7. The average Bonchev–Trinajstić information content (AvgIpc) is 2.53. The zero-order valence-electron chi connectivity index (χ0n) is 11.6. The van der Waals surface area contributed by atoms with Gasteiger partial charge in [0.15, 0.2) is 5.16 Å². The maximum absolute atomic E-state index is 12.1. The molecule has 1 aliphatic rings. The van der Waals surface area contributed by atoms with Gasteiger partial charge in [-0.2, -0.15) is 0 Å². The fraction of sp³-hybridized carbons (Fsp3) is 0.583. The first-order valence-corrected chi connectivity index (χ1v) is 7.86. The number of aromatic nitrogens is 2. The van der Waals surface area contributed by atoms with Gasteiger partial charge in [-0.3, -0.25) is 4.79 Å². The number of thioether (sulfide) groups is 1. The van der Waals surface area contributed by atoms with E-state index in [0.717, 1.165) is 25.9 Å². The largest absolute Gasteiger partial charge is 0.361 e. The Morgan fingerprint density at radius 3 is 2.70 bits per heavy atom. The quantitative estimate of drug-likeness (QED) is 0.321. The molecule has 7 nitrogen and oxygen atoms in total. The van der Waals surface area contributed by atoms with Crippen molar-refractivity contribution < 1.29 is 4.79 Å². The SMILES string of the molecule is CSc1nc(NN)cc(NCC(=O)N2CCCCC2)n1. The molecule has 0 atom stereocenters. The van der Waals surface area contributed by atoms with Crippen molar-refractivity contribution in [2.45, 2.75) is 24.4 Å². The van der Waals surface area contributed by atoms with Gasteiger partial charge in [0.05, 0.1) is 6.54 Å². The molecule has 1 amide bonds. The molecule has 0 aromatic carbocycles. The van der Waals surface area contributed by atoms with Gasteiger partial charge in [-0.05, 0) is 25.5 Å². The molecule has 0 spiro atoms. The number of carbonyl (C=O) groups excluding carboxylic acids is 1. The topological polar surface area (TPSA) is 96.2 Å². The van der Waals surface area contributed by atoms with Crippen molar-refractivity contribution in [1.29, 1.82) is 0 Å². The Kier molecular flexibility index (Phi) is 5.42. The lowest BCUT2D eigenvalue weighted by Crippen LogP contribution is -2.39. The van der Waals surface area contributed by atoms with Gasteiger partial charge in [0.2, 0.25) is 5.91 Å². The highest BCUT2D eigenvalue weighted by atomic mass is 32.2. The Balaban J connectivity index is 1.94. The summed E-state index contributed by atoms with van der Waals surface area (Å²) in [4.78, 5) is 22.4. The molecule has 2 rings (SSSR count). The van der Waals surface area contributed by atoms with Crippen LogP contribution in [0, 0.1) is 0 Å². The van der Waals surface area contributed by atoms with Crippen molar-refractivity contribution >= 4 is 29.3 Å². The summed E-state index contributed by atoms with van der Waals surface area (Å²) in [6, 6.07) is 1.68. The lowest BCUT2D eigenvalue weighted by atomic mass is 10.1. The Morgan fingerprint density at radius 1 is 1.35 bits per heavy atom. The van der Waals surface area contributed by atoms with Crippen LogP contribution in [0.2, 0.25) is 0 Å². The molecule has 20 heavy (non-hydrogen) atoms. The lowest BCUT2D eigenvalue weighted by Gasteiger charge is -2.26. The number of rotatable bonds is 5. The van der Waals surface area contributed by atoms with Gasteiger partial charge in [0.25, 0.3) is 0 Å². The van der Waals surface area contributed by atoms with Crippen LogP contribution in [-0.4, -0.2) is 46.7 Å². The molecule has 0 bridgehead atoms. The number of nitrogens with zero attached hydrogens (tertiary/aromatic N) is 3. The summed E-state index contributed by atoms with van der Waals surface area (Å²) in [5.74, 6) is 6.60. The van der Waals surface area contributed by atoms with Crippen molar-refractivity contribution in [3.63, 3.8) is 0 Å². The van der Waals surface area contributed by atoms with E-state index in [1.165, 1.54) is 18.2 Å². The van der Waals surface area contributed by atoms with Crippen LogP contribution in [0.4, 0.5) is 11.6 Å². The Bertz CT molecular complexity index is 441. The molecule has 8 heteroatoms. The molecular formula is C12H20N6OS. The smallest absolute Gasteiger partial charge is 0.241 e. The number of piperidine rings is 1. The maximum Gasteiger partial charge on any atom is 0.241 e. The summed E-state index contributed by atoms with van der Waals surface area (Å²) in [7, 11) is 0. The molecule has 0 aliphatic carbocycles. The standard InChI is InChI=1S/C12H20N6OS/c1-20-12-15-9(7-10(16-12)17-13)14-8-11(19)18-5-3-2-4-6-18/h7H,2-6,8,13H2,1H3,(H2,14,15,16,17). The molecule has 0 saturated carbocycles. The van der Waals surface area contributed by atoms with E-state index >= 15 is 0 Å². The van der Waals surface area contributed by atoms with Gasteiger partial charge >= 0.3 is 0 Å². The van der Waals surface area contributed by atoms with Gasteiger partial charge in [0.1, 0.15) is 11.6 Å². The summed E-state index contributed by atoms with van der Waals surface area (Å²) in [5.41, 5.74) is 2.49. The number of nitrogens with one attached hydrogen (secondary N) is 2. The molecule has 4 N–H and O–H groups in total. The third kappa shape index (κ3) is 3.97. The summed E-state index contributed by atoms with van der Waals surface area (Å²) < 4.78 is 0. The lowest BCUT2D eigenvalue weighted by molar-refractivity contribution is -0.130. The first-order chi connectivity index (χ1) is 9.72. The number of nitrogen functional groups attached to an aromatic ring is 1. The highest BCUT2D eigenvalue weighted by Gasteiger charge is 2.16. The van der Waals surface area contributed by atoms with Crippen LogP contribution < -0.4 is 16.6 Å². The van der Waals surface area contributed by atoms with Gasteiger partial charge in [-0.25, -0.2) is 15.8 Å². The summed E-state index contributed by atoms with van der Waals surface area (Å²) in [6.07, 6.45) is 5.29. The monoisotopic (exact) mass is 296 g/mol. The van der Waals surface area contributed by atoms with E-state index in [9.17, 15) is 4.79 Å². The molecule has 1 saturated heterocycles. The normalized spacial score (nSPS) is 15.0. The minimum absolute atomic E-state index is 0.108. The molecule has 1 aromatic heterocycles. The van der Waals surface area contributed by atoms with Crippen LogP contribution in [-0.2, 0) is 4.79 Å². The zero-order chi connectivity index (χ0) is 14.4. The number of amides is 1. The highest BCUT2D eigenvalue weighted by Crippen LogP contribution is 2.16. The highest BCUT2D eigenvalue weighted by molar-refractivity contribution is 7.98. The number of anilines is 2. The predicted octanol–water partition coefficient (Wildman–Crippen LogP) is 0.908. The number of carbonyl (C=O) groups is 1. The Labute approximate surface area is 122 Å². The van der Waals surface area contributed by atoms with E-state index in [4.69, 9.17) is 5.84 Å². The van der Waals surface area contributed by atoms with E-state index in [0.29, 0.717) is 16.8 Å². The molecule has 110 valence electrons. The molecular weight excluding hydrogens is 276 g/mol. The van der Waals surface area contributed by atoms with E-state index in [-0.39, 0.29) is 12.5 Å². The average molecular weight is 296 g/mol. The van der Waals surface area contributed by atoms with Crippen molar-refractivity contribution in [1.82, 2.24) is 14.9 Å². The minimum Gasteiger partial charge on any atom is -0.361 e. The fourth-order valence-electron chi connectivity index (χ4n) is 2.10. The van der Waals surface area contributed by atoms with Gasteiger partial charge < -0.3 is 15.6 Å². The minimum atomic E-state index is 0.108. The van der Waals surface area contributed by atoms with Crippen LogP contribution in [0.15, 0.2) is 11.2 Å². The third-order valence-electron chi connectivity index (χ3n) is 3.17. The molecule has 1 aliphatic heterocycles. The first kappa shape index (κ1) is 14.9. The van der Waals surface area contributed by atoms with E-state index in [2.05, 4.69) is 20.7 Å². The van der Waals surface area contributed by atoms with Crippen molar-refractivity contribution in [3.05, 3.63) is 6.07 Å². The molecule has 2 heterocycles. The van der Waals surface area contributed by atoms with Crippen LogP contribution in [0.1, 0.15) is 19.3 Å². The van der Waals surface area contributed by atoms with Crippen LogP contribution >= 0.6 is 11.8 Å². The molecule has 1 fully saturated rings. The van der Waals surface area contributed by atoms with Crippen LogP contribution in [0.3, 0.4) is 0 Å². The first-order valence-electron chi connectivity index (χ1n) is 6.64. The van der Waals surface area contributed by atoms with Crippen molar-refractivity contribution in [2.24, 2.45) is 5.84 Å². The van der Waals surface area contributed by atoms with E-state index < -0.39 is 0 Å². The number of nitrogens with two attached hydrogens (primary N) is 1. The van der Waals surface area contributed by atoms with Gasteiger partial charge in [0, 0.05) is 19.2 Å². The molecule has 0 unspecified atom stereocenters. The molecule has 0 radical (unpaired) electrons. The number of hydrazine groups is 1. The summed E-state index contributed by atoms with van der Waals surface area (Å²) in [5, 5.41) is 3.64. The summed E-state index contributed by atoms with van der Waals surface area (Å²) >= 11 is 1.42. The number of hydrogen-bond donors (Lipinski definition) is 3.